The molecule has 18 heteroatoms. The number of nitrogens with one attached hydrogen (secondary N) is 4. The molecule has 0 radical (unpaired) electrons. The smallest absolute Gasteiger partial charge is 0.326 e. The normalized spacial score (nSPS) is 13.9. The van der Waals surface area contributed by atoms with Crippen molar-refractivity contribution in [1.29, 1.82) is 0 Å². The van der Waals surface area contributed by atoms with E-state index in [4.69, 9.17) is 22.3 Å². The van der Waals surface area contributed by atoms with E-state index in [1.807, 2.05) is 0 Å². The molecule has 0 aliphatic carbocycles. The van der Waals surface area contributed by atoms with E-state index in [9.17, 15) is 43.8 Å². The highest BCUT2D eigenvalue weighted by Crippen LogP contribution is 2.11. The van der Waals surface area contributed by atoms with Crippen molar-refractivity contribution < 1.29 is 48.9 Å². The number of carboxylic acid groups (broad SMARTS) is 3. The number of nitrogens with zero attached hydrogens (tertiary/aromatic N) is 1. The summed E-state index contributed by atoms with van der Waals surface area (Å²) in [4.78, 5) is 91.0. The maximum atomic E-state index is 13.7. The summed E-state index contributed by atoms with van der Waals surface area (Å²) in [5.41, 5.74) is 17.0. The average molecular weight is 693 g/mol. The van der Waals surface area contributed by atoms with Gasteiger partial charge < -0.3 is 53.8 Å². The number of hydrogen-bond acceptors (Lipinski definition) is 9. The fourth-order valence-corrected chi connectivity index (χ4v) is 4.57. The quantitative estimate of drug-likeness (QED) is 0.0352. The van der Waals surface area contributed by atoms with Crippen LogP contribution in [-0.4, -0.2) is 99.6 Å². The van der Waals surface area contributed by atoms with Gasteiger partial charge in [0.2, 0.25) is 23.6 Å². The molecule has 1 aromatic carbocycles. The van der Waals surface area contributed by atoms with Gasteiger partial charge in [-0.2, -0.15) is 0 Å². The number of carboxylic acids is 3. The third kappa shape index (κ3) is 17.5. The summed E-state index contributed by atoms with van der Waals surface area (Å²) in [5.74, 6) is -7.49. The molecule has 0 aliphatic heterocycles. The van der Waals surface area contributed by atoms with Crippen LogP contribution in [0.2, 0.25) is 0 Å². The van der Waals surface area contributed by atoms with E-state index in [1.54, 1.807) is 44.2 Å². The number of carbonyl (C=O) groups excluding carboxylic acids is 4. The van der Waals surface area contributed by atoms with Gasteiger partial charge in [-0.15, -0.1) is 0 Å². The summed E-state index contributed by atoms with van der Waals surface area (Å²) in [7, 11) is 0. The maximum Gasteiger partial charge on any atom is 0.326 e. The Kier molecular flexibility index (Phi) is 18.4. The lowest BCUT2D eigenvalue weighted by Gasteiger charge is -2.27. The Bertz CT molecular complexity index is 1320. The van der Waals surface area contributed by atoms with E-state index >= 15 is 0 Å². The van der Waals surface area contributed by atoms with E-state index in [-0.39, 0.29) is 56.9 Å². The maximum absolute atomic E-state index is 13.7. The van der Waals surface area contributed by atoms with E-state index < -0.39 is 84.6 Å². The van der Waals surface area contributed by atoms with Crippen LogP contribution in [0.3, 0.4) is 0 Å². The van der Waals surface area contributed by atoms with Gasteiger partial charge in [-0.3, -0.25) is 33.8 Å². The summed E-state index contributed by atoms with van der Waals surface area (Å²) >= 11 is 0. The molecule has 0 saturated heterocycles. The van der Waals surface area contributed by atoms with Crippen LogP contribution in [0.25, 0.3) is 0 Å². The lowest BCUT2D eigenvalue weighted by Crippen LogP contribution is -2.59. The Morgan fingerprint density at radius 2 is 1.20 bits per heavy atom. The van der Waals surface area contributed by atoms with Crippen LogP contribution in [0.4, 0.5) is 0 Å². The number of amides is 4. The minimum atomic E-state index is -1.44. The zero-order chi connectivity index (χ0) is 37.1. The van der Waals surface area contributed by atoms with Gasteiger partial charge in [-0.1, -0.05) is 44.2 Å². The first kappa shape index (κ1) is 41.8. The van der Waals surface area contributed by atoms with Crippen LogP contribution in [0, 0.1) is 5.92 Å². The van der Waals surface area contributed by atoms with Gasteiger partial charge in [-0.05, 0) is 43.6 Å². The van der Waals surface area contributed by atoms with Crippen LogP contribution in [0.15, 0.2) is 35.3 Å². The first-order valence-corrected chi connectivity index (χ1v) is 15.7. The molecule has 18 nitrogen and oxygen atoms in total. The second-order valence-corrected chi connectivity index (χ2v) is 11.8. The summed E-state index contributed by atoms with van der Waals surface area (Å²) in [5, 5.41) is 37.7. The van der Waals surface area contributed by atoms with Crippen molar-refractivity contribution in [3.8, 4) is 0 Å². The van der Waals surface area contributed by atoms with Crippen molar-refractivity contribution in [3.05, 3.63) is 35.9 Å². The first-order chi connectivity index (χ1) is 23.0. The molecule has 0 fully saturated rings. The number of rotatable bonds is 23. The number of aliphatic carboxylic acids is 3. The molecule has 272 valence electrons. The summed E-state index contributed by atoms with van der Waals surface area (Å²) in [6.07, 6.45) is -1.30. The molecule has 4 amide bonds. The minimum absolute atomic E-state index is 0.0146. The Hall–Kier alpha value is -5.26. The van der Waals surface area contributed by atoms with Gasteiger partial charge in [0, 0.05) is 25.8 Å². The van der Waals surface area contributed by atoms with Gasteiger partial charge in [0.05, 0.1) is 6.04 Å². The molecule has 0 spiro atoms. The van der Waals surface area contributed by atoms with Crippen molar-refractivity contribution in [2.24, 2.45) is 28.1 Å². The molecule has 5 atom stereocenters. The van der Waals surface area contributed by atoms with Gasteiger partial charge >= 0.3 is 17.9 Å². The Morgan fingerprint density at radius 1 is 0.694 bits per heavy atom. The minimum Gasteiger partial charge on any atom is -0.481 e. The van der Waals surface area contributed by atoms with E-state index in [0.717, 1.165) is 0 Å². The average Bonchev–Trinajstić information content (AvgIpc) is 3.02. The third-order valence-electron chi connectivity index (χ3n) is 7.10. The van der Waals surface area contributed by atoms with Gasteiger partial charge in [0.15, 0.2) is 5.96 Å². The number of hydrogen-bond donors (Lipinski definition) is 10. The van der Waals surface area contributed by atoms with Crippen molar-refractivity contribution in [2.45, 2.75) is 95.4 Å². The molecule has 1 aromatic rings. The molecule has 0 aliphatic rings. The van der Waals surface area contributed by atoms with Crippen LogP contribution >= 0.6 is 0 Å². The summed E-state index contributed by atoms with van der Waals surface area (Å²) < 4.78 is 0. The summed E-state index contributed by atoms with van der Waals surface area (Å²) in [6, 6.07) is 1.98. The molecular weight excluding hydrogens is 644 g/mol. The van der Waals surface area contributed by atoms with Gasteiger partial charge in [0.1, 0.15) is 24.2 Å². The van der Waals surface area contributed by atoms with Crippen LogP contribution in [-0.2, 0) is 40.0 Å². The molecule has 49 heavy (non-hydrogen) atoms. The monoisotopic (exact) mass is 692 g/mol. The number of benzene rings is 1. The highest BCUT2D eigenvalue weighted by Gasteiger charge is 2.32. The lowest BCUT2D eigenvalue weighted by molar-refractivity contribution is -0.142. The third-order valence-corrected chi connectivity index (χ3v) is 7.10. The highest BCUT2D eigenvalue weighted by molar-refractivity contribution is 5.95. The zero-order valence-electron chi connectivity index (χ0n) is 27.6. The van der Waals surface area contributed by atoms with E-state index in [1.165, 1.54) is 0 Å². The predicted octanol–water partition coefficient (Wildman–Crippen LogP) is -1.59. The predicted molar refractivity (Wildman–Crippen MR) is 177 cm³/mol. The molecular formula is C31H48N8O10. The zero-order valence-corrected chi connectivity index (χ0v) is 27.6. The SMILES string of the molecule is CC(C)C[C@H](NC(=O)[C@H](CCC(=O)O)NC(=O)[C@@H](N)CCC(=O)O)C(=O)N[C@@H](Cc1ccccc1)C(=O)N[C@@H](CCCN=C(N)N)C(=O)O. The number of aliphatic imine (C=N–C) groups is 1. The number of nitrogens with two attached hydrogens (primary N) is 3. The molecule has 0 bridgehead atoms. The van der Waals surface area contributed by atoms with Crippen molar-refractivity contribution >= 4 is 47.5 Å². The number of carbonyl (C=O) groups is 7. The van der Waals surface area contributed by atoms with Gasteiger partial charge in [0.25, 0.3) is 0 Å². The lowest BCUT2D eigenvalue weighted by atomic mass is 10.00. The Morgan fingerprint density at radius 3 is 1.76 bits per heavy atom. The second kappa shape index (κ2) is 21.6. The van der Waals surface area contributed by atoms with E-state index in [2.05, 4.69) is 26.3 Å². The van der Waals surface area contributed by atoms with Crippen LogP contribution < -0.4 is 38.5 Å². The van der Waals surface area contributed by atoms with Crippen LogP contribution in [0.1, 0.15) is 64.4 Å². The molecule has 0 aromatic heterocycles. The molecule has 1 rings (SSSR count). The molecule has 0 saturated carbocycles. The largest absolute Gasteiger partial charge is 0.481 e. The van der Waals surface area contributed by atoms with Crippen LogP contribution in [0.5, 0.6) is 0 Å². The van der Waals surface area contributed by atoms with Crippen molar-refractivity contribution in [1.82, 2.24) is 21.3 Å². The highest BCUT2D eigenvalue weighted by atomic mass is 16.4. The Balaban J connectivity index is 3.24. The topological polar surface area (TPSA) is 319 Å². The fourth-order valence-electron chi connectivity index (χ4n) is 4.57. The van der Waals surface area contributed by atoms with E-state index in [0.29, 0.717) is 5.56 Å². The number of guanidine groups is 1. The second-order valence-electron chi connectivity index (χ2n) is 11.8. The Labute approximate surface area is 283 Å². The molecule has 13 N–H and O–H groups in total. The fraction of sp³-hybridized carbons (Fsp3) is 0.548. The molecule has 0 unspecified atom stereocenters. The summed E-state index contributed by atoms with van der Waals surface area (Å²) in [6.45, 7) is 3.67. The first-order valence-electron chi connectivity index (χ1n) is 15.7. The molecule has 0 heterocycles. The standard InChI is InChI=1S/C31H48N8O10/c1-17(2)15-22(38-27(45)20(11-13-25(42)43)36-26(44)19(32)10-12-24(40)41)28(46)39-23(16-18-7-4-3-5-8-18)29(47)37-21(30(48)49)9-6-14-35-31(33)34/h3-5,7-8,17,19-23H,6,9-16,32H2,1-2H3,(H,36,44)(H,37,47)(H,38,45)(H,39,46)(H,40,41)(H,42,43)(H,48,49)(H4,33,34,35)/t19-,20-,21-,22-,23-/m0/s1. The van der Waals surface area contributed by atoms with Crippen molar-refractivity contribution in [2.75, 3.05) is 6.54 Å². The van der Waals surface area contributed by atoms with Crippen molar-refractivity contribution in [3.63, 3.8) is 0 Å². The van der Waals surface area contributed by atoms with Gasteiger partial charge in [-0.25, -0.2) is 4.79 Å².